The van der Waals surface area contributed by atoms with Gasteiger partial charge in [-0.1, -0.05) is 12.1 Å². The van der Waals surface area contributed by atoms with Gasteiger partial charge in [-0.3, -0.25) is 14.8 Å². The second-order valence-corrected chi connectivity index (χ2v) is 4.40. The van der Waals surface area contributed by atoms with Gasteiger partial charge in [-0.15, -0.1) is 0 Å². The van der Waals surface area contributed by atoms with Crippen LogP contribution in [0.1, 0.15) is 16.2 Å². The van der Waals surface area contributed by atoms with E-state index in [1.165, 1.54) is 6.20 Å². The Hall–Kier alpha value is -2.82. The molecule has 0 saturated carbocycles. The van der Waals surface area contributed by atoms with Crippen LogP contribution in [0.25, 0.3) is 10.8 Å². The molecule has 1 amide bonds. The molecular weight excluding hydrogens is 252 g/mol. The molecule has 0 aliphatic heterocycles. The zero-order chi connectivity index (χ0) is 13.9. The van der Waals surface area contributed by atoms with E-state index in [-0.39, 0.29) is 5.91 Å². The minimum Gasteiger partial charge on any atom is -0.320 e. The summed E-state index contributed by atoms with van der Waals surface area (Å²) in [5, 5.41) is 4.76. The summed E-state index contributed by atoms with van der Waals surface area (Å²) in [5.41, 5.74) is 1.80. The lowest BCUT2D eigenvalue weighted by Crippen LogP contribution is -2.14. The standard InChI is InChI=1S/C15H12N4O/c1-10-7-18-14(9-17-10)15(20)19-13-4-2-3-11-8-16-6-5-12(11)13/h2-9H,1H3,(H,19,20). The summed E-state index contributed by atoms with van der Waals surface area (Å²) in [6.45, 7) is 1.83. The lowest BCUT2D eigenvalue weighted by atomic mass is 10.1. The van der Waals surface area contributed by atoms with Crippen LogP contribution in [-0.4, -0.2) is 20.9 Å². The minimum absolute atomic E-state index is 0.276. The van der Waals surface area contributed by atoms with Gasteiger partial charge >= 0.3 is 0 Å². The first-order valence-electron chi connectivity index (χ1n) is 6.17. The van der Waals surface area contributed by atoms with Crippen molar-refractivity contribution in [3.05, 3.63) is 60.4 Å². The Kier molecular flexibility index (Phi) is 3.09. The van der Waals surface area contributed by atoms with Gasteiger partial charge in [0.05, 0.1) is 11.9 Å². The number of amides is 1. The second-order valence-electron chi connectivity index (χ2n) is 4.40. The van der Waals surface area contributed by atoms with Crippen molar-refractivity contribution in [2.75, 3.05) is 5.32 Å². The van der Waals surface area contributed by atoms with Crippen LogP contribution in [-0.2, 0) is 0 Å². The molecule has 0 spiro atoms. The molecule has 5 heteroatoms. The zero-order valence-corrected chi connectivity index (χ0v) is 10.9. The highest BCUT2D eigenvalue weighted by Gasteiger charge is 2.09. The van der Waals surface area contributed by atoms with E-state index in [1.807, 2.05) is 31.2 Å². The molecule has 0 saturated heterocycles. The maximum absolute atomic E-state index is 12.1. The number of carbonyl (C=O) groups excluding carboxylic acids is 1. The Morgan fingerprint density at radius 1 is 1.10 bits per heavy atom. The van der Waals surface area contributed by atoms with Gasteiger partial charge in [0.25, 0.3) is 5.91 Å². The highest BCUT2D eigenvalue weighted by Crippen LogP contribution is 2.22. The van der Waals surface area contributed by atoms with E-state index in [0.717, 1.165) is 22.2 Å². The van der Waals surface area contributed by atoms with Gasteiger partial charge < -0.3 is 5.32 Å². The fourth-order valence-electron chi connectivity index (χ4n) is 1.93. The Morgan fingerprint density at radius 3 is 2.80 bits per heavy atom. The van der Waals surface area contributed by atoms with Gasteiger partial charge in [-0.2, -0.15) is 0 Å². The summed E-state index contributed by atoms with van der Waals surface area (Å²) in [6, 6.07) is 7.54. The molecule has 0 radical (unpaired) electrons. The molecule has 1 aromatic carbocycles. The first kappa shape index (κ1) is 12.2. The number of hydrogen-bond acceptors (Lipinski definition) is 4. The van der Waals surface area contributed by atoms with Crippen LogP contribution < -0.4 is 5.32 Å². The fourth-order valence-corrected chi connectivity index (χ4v) is 1.93. The van der Waals surface area contributed by atoms with Gasteiger partial charge in [0.2, 0.25) is 0 Å². The van der Waals surface area contributed by atoms with Crippen LogP contribution in [0.5, 0.6) is 0 Å². The summed E-state index contributed by atoms with van der Waals surface area (Å²) in [5.74, 6) is -0.276. The van der Waals surface area contributed by atoms with E-state index >= 15 is 0 Å². The molecule has 0 fully saturated rings. The molecule has 3 aromatic rings. The Morgan fingerprint density at radius 2 is 2.00 bits per heavy atom. The molecule has 2 heterocycles. The number of aryl methyl sites for hydroxylation is 1. The normalized spacial score (nSPS) is 10.4. The van der Waals surface area contributed by atoms with E-state index in [9.17, 15) is 4.79 Å². The van der Waals surface area contributed by atoms with Crippen LogP contribution in [0.3, 0.4) is 0 Å². The summed E-state index contributed by atoms with van der Waals surface area (Å²) >= 11 is 0. The van der Waals surface area contributed by atoms with Crippen molar-refractivity contribution in [1.29, 1.82) is 0 Å². The van der Waals surface area contributed by atoms with Crippen LogP contribution in [0.4, 0.5) is 5.69 Å². The van der Waals surface area contributed by atoms with E-state index in [1.54, 1.807) is 18.6 Å². The molecule has 0 atom stereocenters. The first-order valence-corrected chi connectivity index (χ1v) is 6.17. The lowest BCUT2D eigenvalue weighted by Gasteiger charge is -2.07. The molecule has 0 aliphatic rings. The Bertz CT molecular complexity index is 763. The van der Waals surface area contributed by atoms with Crippen LogP contribution in [0, 0.1) is 6.92 Å². The number of hydrogen-bond donors (Lipinski definition) is 1. The molecule has 0 unspecified atom stereocenters. The maximum Gasteiger partial charge on any atom is 0.275 e. The first-order chi connectivity index (χ1) is 9.74. The van der Waals surface area contributed by atoms with Gasteiger partial charge in [0.15, 0.2) is 0 Å². The molecule has 20 heavy (non-hydrogen) atoms. The molecule has 0 bridgehead atoms. The number of anilines is 1. The summed E-state index contributed by atoms with van der Waals surface area (Å²) < 4.78 is 0. The molecule has 1 N–H and O–H groups in total. The van der Waals surface area contributed by atoms with E-state index in [0.29, 0.717) is 5.69 Å². The third-order valence-corrected chi connectivity index (χ3v) is 2.94. The minimum atomic E-state index is -0.276. The van der Waals surface area contributed by atoms with Crippen molar-refractivity contribution in [1.82, 2.24) is 15.0 Å². The summed E-state index contributed by atoms with van der Waals surface area (Å²) in [7, 11) is 0. The van der Waals surface area contributed by atoms with E-state index < -0.39 is 0 Å². The number of benzene rings is 1. The number of pyridine rings is 1. The second kappa shape index (κ2) is 5.05. The number of rotatable bonds is 2. The number of carbonyl (C=O) groups is 1. The highest BCUT2D eigenvalue weighted by molar-refractivity contribution is 6.07. The smallest absolute Gasteiger partial charge is 0.275 e. The van der Waals surface area contributed by atoms with E-state index in [4.69, 9.17) is 0 Å². The number of aromatic nitrogens is 3. The third-order valence-electron chi connectivity index (χ3n) is 2.94. The average molecular weight is 264 g/mol. The molecule has 98 valence electrons. The van der Waals surface area contributed by atoms with E-state index in [2.05, 4.69) is 20.3 Å². The molecule has 2 aromatic heterocycles. The predicted octanol–water partition coefficient (Wildman–Crippen LogP) is 2.59. The van der Waals surface area contributed by atoms with Crippen molar-refractivity contribution >= 4 is 22.4 Å². The molecule has 3 rings (SSSR count). The van der Waals surface area contributed by atoms with Crippen molar-refractivity contribution in [3.8, 4) is 0 Å². The lowest BCUT2D eigenvalue weighted by molar-refractivity contribution is 0.102. The molecule has 5 nitrogen and oxygen atoms in total. The topological polar surface area (TPSA) is 67.8 Å². The number of fused-ring (bicyclic) bond motifs is 1. The van der Waals surface area contributed by atoms with Crippen LogP contribution >= 0.6 is 0 Å². The summed E-state index contributed by atoms with van der Waals surface area (Å²) in [6.07, 6.45) is 6.50. The maximum atomic E-state index is 12.1. The average Bonchev–Trinajstić information content (AvgIpc) is 2.48. The largest absolute Gasteiger partial charge is 0.320 e. The van der Waals surface area contributed by atoms with Crippen molar-refractivity contribution < 1.29 is 4.79 Å². The number of nitrogens with zero attached hydrogens (tertiary/aromatic N) is 3. The summed E-state index contributed by atoms with van der Waals surface area (Å²) in [4.78, 5) is 24.3. The van der Waals surface area contributed by atoms with Crippen LogP contribution in [0.15, 0.2) is 49.1 Å². The molecule has 0 aliphatic carbocycles. The van der Waals surface area contributed by atoms with Crippen molar-refractivity contribution in [2.45, 2.75) is 6.92 Å². The predicted molar refractivity (Wildman–Crippen MR) is 76.5 cm³/mol. The molecular formula is C15H12N4O. The van der Waals surface area contributed by atoms with Crippen molar-refractivity contribution in [3.63, 3.8) is 0 Å². The van der Waals surface area contributed by atoms with Gasteiger partial charge in [-0.05, 0) is 19.1 Å². The quantitative estimate of drug-likeness (QED) is 0.772. The highest BCUT2D eigenvalue weighted by atomic mass is 16.1. The SMILES string of the molecule is Cc1cnc(C(=O)Nc2cccc3cnccc23)cn1. The Balaban J connectivity index is 1.93. The third kappa shape index (κ3) is 2.33. The fraction of sp³-hybridized carbons (Fsp3) is 0.0667. The zero-order valence-electron chi connectivity index (χ0n) is 10.9. The number of nitrogens with one attached hydrogen (secondary N) is 1. The van der Waals surface area contributed by atoms with Crippen LogP contribution in [0.2, 0.25) is 0 Å². The van der Waals surface area contributed by atoms with Gasteiger partial charge in [0.1, 0.15) is 5.69 Å². The van der Waals surface area contributed by atoms with Crippen molar-refractivity contribution in [2.24, 2.45) is 0 Å². The van der Waals surface area contributed by atoms with Gasteiger partial charge in [-0.25, -0.2) is 4.98 Å². The van der Waals surface area contributed by atoms with Gasteiger partial charge in [0, 0.05) is 35.1 Å². The Labute approximate surface area is 115 Å². The monoisotopic (exact) mass is 264 g/mol.